The fourth-order valence-electron chi connectivity index (χ4n) is 2.91. The Morgan fingerprint density at radius 3 is 2.78 bits per heavy atom. The van der Waals surface area contributed by atoms with Crippen molar-refractivity contribution in [3.05, 3.63) is 53.8 Å². The van der Waals surface area contributed by atoms with Crippen LogP contribution >= 0.6 is 0 Å². The van der Waals surface area contributed by atoms with Crippen molar-refractivity contribution < 1.29 is 0 Å². The largest absolute Gasteiger partial charge is 0.345 e. The summed E-state index contributed by atoms with van der Waals surface area (Å²) in [5, 5.41) is 9.00. The Kier molecular flexibility index (Phi) is 2.90. The summed E-state index contributed by atoms with van der Waals surface area (Å²) in [7, 11) is 0. The smallest absolute Gasteiger partial charge is 0.0947 e. The van der Waals surface area contributed by atoms with Crippen LogP contribution in [0.3, 0.4) is 0 Å². The third-order valence-corrected chi connectivity index (χ3v) is 3.80. The van der Waals surface area contributed by atoms with E-state index in [1.807, 2.05) is 12.1 Å². The summed E-state index contributed by atoms with van der Waals surface area (Å²) < 4.78 is 0. The molecule has 1 aliphatic heterocycles. The van der Waals surface area contributed by atoms with Crippen LogP contribution in [0.4, 0.5) is 5.69 Å². The van der Waals surface area contributed by atoms with E-state index in [1.54, 1.807) is 0 Å². The van der Waals surface area contributed by atoms with Gasteiger partial charge in [0.15, 0.2) is 0 Å². The molecular weight excluding hydrogens is 220 g/mol. The van der Waals surface area contributed by atoms with Crippen molar-refractivity contribution in [2.24, 2.45) is 5.92 Å². The lowest BCUT2D eigenvalue weighted by atomic mass is 9.84. The SMILES string of the molecule is N#CC1=CC=C2C(CCCN2c2ccccc2)C1. The highest BCUT2D eigenvalue weighted by atomic mass is 15.2. The van der Waals surface area contributed by atoms with Gasteiger partial charge in [-0.2, -0.15) is 5.26 Å². The number of benzene rings is 1. The van der Waals surface area contributed by atoms with E-state index in [2.05, 4.69) is 41.3 Å². The Hall–Kier alpha value is -2.01. The molecule has 0 radical (unpaired) electrons. The summed E-state index contributed by atoms with van der Waals surface area (Å²) in [6, 6.07) is 12.8. The Morgan fingerprint density at radius 1 is 1.17 bits per heavy atom. The van der Waals surface area contributed by atoms with Crippen LogP contribution in [0, 0.1) is 17.2 Å². The minimum Gasteiger partial charge on any atom is -0.345 e. The predicted octanol–water partition coefficient (Wildman–Crippen LogP) is 3.64. The van der Waals surface area contributed by atoms with E-state index in [0.717, 1.165) is 18.5 Å². The van der Waals surface area contributed by atoms with Crippen molar-refractivity contribution >= 4 is 5.69 Å². The lowest BCUT2D eigenvalue weighted by Gasteiger charge is -2.38. The zero-order valence-electron chi connectivity index (χ0n) is 10.3. The van der Waals surface area contributed by atoms with E-state index in [-0.39, 0.29) is 0 Å². The molecule has 0 N–H and O–H groups in total. The van der Waals surface area contributed by atoms with Crippen molar-refractivity contribution in [1.29, 1.82) is 5.26 Å². The summed E-state index contributed by atoms with van der Waals surface area (Å²) >= 11 is 0. The molecule has 1 saturated heterocycles. The van der Waals surface area contributed by atoms with Gasteiger partial charge in [-0.15, -0.1) is 0 Å². The maximum Gasteiger partial charge on any atom is 0.0947 e. The standard InChI is InChI=1S/C16H16N2/c17-12-13-8-9-16-14(11-13)5-4-10-18(16)15-6-2-1-3-7-15/h1-3,6-9,14H,4-5,10-11H2. The average Bonchev–Trinajstić information content (AvgIpc) is 2.47. The van der Waals surface area contributed by atoms with Gasteiger partial charge in [-0.1, -0.05) is 18.2 Å². The van der Waals surface area contributed by atoms with Crippen LogP contribution in [0.2, 0.25) is 0 Å². The quantitative estimate of drug-likeness (QED) is 0.744. The van der Waals surface area contributed by atoms with Crippen LogP contribution in [-0.2, 0) is 0 Å². The highest BCUT2D eigenvalue weighted by Gasteiger charge is 2.28. The first-order valence-electron chi connectivity index (χ1n) is 6.52. The van der Waals surface area contributed by atoms with E-state index in [4.69, 9.17) is 5.26 Å². The molecule has 18 heavy (non-hydrogen) atoms. The Balaban J connectivity index is 1.95. The normalized spacial score (nSPS) is 22.6. The second-order valence-corrected chi connectivity index (χ2v) is 4.93. The number of para-hydroxylation sites is 1. The first kappa shape index (κ1) is 11.1. The van der Waals surface area contributed by atoms with Crippen LogP contribution in [0.25, 0.3) is 0 Å². The van der Waals surface area contributed by atoms with Crippen LogP contribution in [0.5, 0.6) is 0 Å². The number of hydrogen-bond donors (Lipinski definition) is 0. The van der Waals surface area contributed by atoms with Gasteiger partial charge < -0.3 is 4.90 Å². The molecule has 1 atom stereocenters. The minimum absolute atomic E-state index is 0.526. The number of anilines is 1. The number of nitrogens with zero attached hydrogens (tertiary/aromatic N) is 2. The first-order chi connectivity index (χ1) is 8.88. The molecule has 3 rings (SSSR count). The van der Waals surface area contributed by atoms with Gasteiger partial charge in [0.2, 0.25) is 0 Å². The van der Waals surface area contributed by atoms with Crippen molar-refractivity contribution in [2.75, 3.05) is 11.4 Å². The lowest BCUT2D eigenvalue weighted by Crippen LogP contribution is -2.34. The van der Waals surface area contributed by atoms with Crippen molar-refractivity contribution in [2.45, 2.75) is 19.3 Å². The maximum atomic E-state index is 9.00. The van der Waals surface area contributed by atoms with Gasteiger partial charge >= 0.3 is 0 Å². The second kappa shape index (κ2) is 4.70. The first-order valence-corrected chi connectivity index (χ1v) is 6.52. The number of piperidine rings is 1. The Labute approximate surface area is 108 Å². The zero-order valence-corrected chi connectivity index (χ0v) is 10.3. The minimum atomic E-state index is 0.526. The molecule has 0 amide bonds. The van der Waals surface area contributed by atoms with E-state index in [0.29, 0.717) is 5.92 Å². The van der Waals surface area contributed by atoms with Gasteiger partial charge in [-0.3, -0.25) is 0 Å². The Morgan fingerprint density at radius 2 is 2.00 bits per heavy atom. The highest BCUT2D eigenvalue weighted by molar-refractivity contribution is 5.55. The molecule has 0 aromatic heterocycles. The molecule has 2 heteroatoms. The summed E-state index contributed by atoms with van der Waals surface area (Å²) in [5.74, 6) is 0.526. The third kappa shape index (κ3) is 1.93. The van der Waals surface area contributed by atoms with Crippen LogP contribution < -0.4 is 4.90 Å². The van der Waals surface area contributed by atoms with Crippen molar-refractivity contribution in [3.8, 4) is 6.07 Å². The number of rotatable bonds is 1. The fourth-order valence-corrected chi connectivity index (χ4v) is 2.91. The van der Waals surface area contributed by atoms with Gasteiger partial charge in [-0.05, 0) is 43.5 Å². The third-order valence-electron chi connectivity index (χ3n) is 3.80. The number of allylic oxidation sites excluding steroid dienone is 4. The number of hydrogen-bond acceptors (Lipinski definition) is 2. The molecule has 1 unspecified atom stereocenters. The van der Waals surface area contributed by atoms with Crippen molar-refractivity contribution in [1.82, 2.24) is 0 Å². The Bertz CT molecular complexity index is 534. The summed E-state index contributed by atoms with van der Waals surface area (Å²) in [4.78, 5) is 2.40. The van der Waals surface area contributed by atoms with Gasteiger partial charge in [0, 0.05) is 29.4 Å². The van der Waals surface area contributed by atoms with Crippen LogP contribution in [0.1, 0.15) is 19.3 Å². The van der Waals surface area contributed by atoms with E-state index < -0.39 is 0 Å². The lowest BCUT2D eigenvalue weighted by molar-refractivity contribution is 0.470. The monoisotopic (exact) mass is 236 g/mol. The van der Waals surface area contributed by atoms with Crippen LogP contribution in [0.15, 0.2) is 53.8 Å². The van der Waals surface area contributed by atoms with E-state index in [9.17, 15) is 0 Å². The summed E-state index contributed by atoms with van der Waals surface area (Å²) in [5.41, 5.74) is 3.56. The molecular formula is C16H16N2. The molecule has 0 bridgehead atoms. The van der Waals surface area contributed by atoms with Gasteiger partial charge in [-0.25, -0.2) is 0 Å². The molecule has 90 valence electrons. The fraction of sp³-hybridized carbons (Fsp3) is 0.312. The van der Waals surface area contributed by atoms with E-state index in [1.165, 1.54) is 24.2 Å². The number of fused-ring (bicyclic) bond motifs is 1. The summed E-state index contributed by atoms with van der Waals surface area (Å²) in [6.07, 6.45) is 7.43. The zero-order chi connectivity index (χ0) is 12.4. The molecule has 1 heterocycles. The van der Waals surface area contributed by atoms with Gasteiger partial charge in [0.1, 0.15) is 0 Å². The molecule has 1 aromatic carbocycles. The average molecular weight is 236 g/mol. The molecule has 0 saturated carbocycles. The topological polar surface area (TPSA) is 27.0 Å². The summed E-state index contributed by atoms with van der Waals surface area (Å²) in [6.45, 7) is 1.09. The predicted molar refractivity (Wildman–Crippen MR) is 72.9 cm³/mol. The van der Waals surface area contributed by atoms with E-state index >= 15 is 0 Å². The molecule has 2 aliphatic rings. The molecule has 1 aromatic rings. The second-order valence-electron chi connectivity index (χ2n) is 4.93. The highest BCUT2D eigenvalue weighted by Crippen LogP contribution is 2.37. The maximum absolute atomic E-state index is 9.00. The van der Waals surface area contributed by atoms with Gasteiger partial charge in [0.05, 0.1) is 6.07 Å². The van der Waals surface area contributed by atoms with Gasteiger partial charge in [0.25, 0.3) is 0 Å². The van der Waals surface area contributed by atoms with Crippen LogP contribution in [-0.4, -0.2) is 6.54 Å². The number of nitriles is 1. The molecule has 1 fully saturated rings. The molecule has 2 nitrogen and oxygen atoms in total. The van der Waals surface area contributed by atoms with Crippen molar-refractivity contribution in [3.63, 3.8) is 0 Å². The molecule has 0 spiro atoms. The molecule has 1 aliphatic carbocycles.